The van der Waals surface area contributed by atoms with Gasteiger partial charge in [-0.2, -0.15) is 0 Å². The lowest BCUT2D eigenvalue weighted by Crippen LogP contribution is -2.46. The predicted octanol–water partition coefficient (Wildman–Crippen LogP) is 2.16. The van der Waals surface area contributed by atoms with E-state index in [0.29, 0.717) is 6.17 Å². The van der Waals surface area contributed by atoms with E-state index in [1.807, 2.05) is 0 Å². The van der Waals surface area contributed by atoms with Crippen molar-refractivity contribution in [2.75, 3.05) is 20.1 Å². The Balaban J connectivity index is 2.13. The summed E-state index contributed by atoms with van der Waals surface area (Å²) in [6.45, 7) is 6.70. The van der Waals surface area contributed by atoms with Gasteiger partial charge in [-0.3, -0.25) is 10.2 Å². The van der Waals surface area contributed by atoms with Crippen LogP contribution in [0.1, 0.15) is 24.2 Å². The maximum absolute atomic E-state index is 3.58. The molecule has 1 N–H and O–H groups in total. The highest BCUT2D eigenvalue weighted by Gasteiger charge is 2.23. The number of aryl methyl sites for hydroxylation is 1. The molecule has 1 fully saturated rings. The van der Waals surface area contributed by atoms with Gasteiger partial charge in [0.2, 0.25) is 0 Å². The molecule has 1 aromatic rings. The van der Waals surface area contributed by atoms with Crippen molar-refractivity contribution in [3.05, 3.63) is 35.4 Å². The molecular weight excluding hydrogens is 184 g/mol. The molecule has 1 aromatic carbocycles. The van der Waals surface area contributed by atoms with E-state index in [0.717, 1.165) is 12.5 Å². The molecule has 0 radical (unpaired) electrons. The van der Waals surface area contributed by atoms with Crippen molar-refractivity contribution in [2.45, 2.75) is 20.0 Å². The summed E-state index contributed by atoms with van der Waals surface area (Å²) in [5.41, 5.74) is 2.69. The van der Waals surface area contributed by atoms with Crippen LogP contribution in [0.4, 0.5) is 0 Å². The van der Waals surface area contributed by atoms with Crippen molar-refractivity contribution in [3.63, 3.8) is 0 Å². The van der Waals surface area contributed by atoms with Crippen molar-refractivity contribution in [1.82, 2.24) is 10.2 Å². The third kappa shape index (κ3) is 2.39. The maximum Gasteiger partial charge on any atom is 0.0858 e. The molecule has 0 spiro atoms. The molecule has 2 atom stereocenters. The summed E-state index contributed by atoms with van der Waals surface area (Å²) in [4.78, 5) is 2.39. The highest BCUT2D eigenvalue weighted by molar-refractivity contribution is 5.24. The zero-order valence-electron chi connectivity index (χ0n) is 9.83. The van der Waals surface area contributed by atoms with E-state index in [4.69, 9.17) is 0 Å². The molecular formula is C13H20N2. The minimum absolute atomic E-state index is 0.391. The van der Waals surface area contributed by atoms with Gasteiger partial charge in [0.15, 0.2) is 0 Å². The lowest BCUT2D eigenvalue weighted by Gasteiger charge is -2.37. The van der Waals surface area contributed by atoms with Gasteiger partial charge in [-0.25, -0.2) is 0 Å². The van der Waals surface area contributed by atoms with Gasteiger partial charge in [-0.15, -0.1) is 0 Å². The lowest BCUT2D eigenvalue weighted by molar-refractivity contribution is 0.131. The van der Waals surface area contributed by atoms with E-state index >= 15 is 0 Å². The second-order valence-electron chi connectivity index (χ2n) is 4.77. The van der Waals surface area contributed by atoms with Crippen molar-refractivity contribution in [1.29, 1.82) is 0 Å². The fourth-order valence-corrected chi connectivity index (χ4v) is 2.25. The quantitative estimate of drug-likeness (QED) is 0.754. The van der Waals surface area contributed by atoms with Gasteiger partial charge in [-0.05, 0) is 25.5 Å². The van der Waals surface area contributed by atoms with Crippen molar-refractivity contribution < 1.29 is 0 Å². The summed E-state index contributed by atoms with van der Waals surface area (Å²) in [6, 6.07) is 8.81. The highest BCUT2D eigenvalue weighted by Crippen LogP contribution is 2.21. The fourth-order valence-electron chi connectivity index (χ4n) is 2.25. The van der Waals surface area contributed by atoms with E-state index in [9.17, 15) is 0 Å². The summed E-state index contributed by atoms with van der Waals surface area (Å²) >= 11 is 0. The van der Waals surface area contributed by atoms with Crippen LogP contribution in [-0.2, 0) is 0 Å². The van der Waals surface area contributed by atoms with Crippen LogP contribution in [0.2, 0.25) is 0 Å². The number of nitrogens with one attached hydrogen (secondary N) is 1. The van der Waals surface area contributed by atoms with Crippen LogP contribution in [-0.4, -0.2) is 25.0 Å². The van der Waals surface area contributed by atoms with E-state index in [-0.39, 0.29) is 0 Å². The Labute approximate surface area is 92.3 Å². The van der Waals surface area contributed by atoms with Crippen LogP contribution < -0.4 is 5.32 Å². The Bertz CT molecular complexity index is 318. The van der Waals surface area contributed by atoms with Crippen LogP contribution in [0, 0.1) is 12.8 Å². The summed E-state index contributed by atoms with van der Waals surface area (Å²) in [5.74, 6) is 0.747. The zero-order chi connectivity index (χ0) is 10.8. The van der Waals surface area contributed by atoms with Gasteiger partial charge >= 0.3 is 0 Å². The Morgan fingerprint density at radius 2 is 1.93 bits per heavy atom. The monoisotopic (exact) mass is 204 g/mol. The van der Waals surface area contributed by atoms with Crippen molar-refractivity contribution in [3.8, 4) is 0 Å². The van der Waals surface area contributed by atoms with Gasteiger partial charge in [-0.1, -0.05) is 36.8 Å². The van der Waals surface area contributed by atoms with Crippen LogP contribution >= 0.6 is 0 Å². The van der Waals surface area contributed by atoms with E-state index in [1.54, 1.807) is 0 Å². The Kier molecular flexibility index (Phi) is 3.08. The summed E-state index contributed by atoms with van der Waals surface area (Å²) in [6.07, 6.45) is 0.391. The largest absolute Gasteiger partial charge is 0.298 e. The molecule has 0 bridgehead atoms. The van der Waals surface area contributed by atoms with Crippen LogP contribution in [0.5, 0.6) is 0 Å². The molecule has 82 valence electrons. The van der Waals surface area contributed by atoms with E-state index in [2.05, 4.69) is 55.4 Å². The van der Waals surface area contributed by atoms with Crippen molar-refractivity contribution >= 4 is 0 Å². The summed E-state index contributed by atoms with van der Waals surface area (Å²) < 4.78 is 0. The fraction of sp³-hybridized carbons (Fsp3) is 0.538. The molecule has 1 saturated heterocycles. The first-order valence-electron chi connectivity index (χ1n) is 5.67. The third-order valence-electron chi connectivity index (χ3n) is 3.09. The predicted molar refractivity (Wildman–Crippen MR) is 63.7 cm³/mol. The molecule has 1 heterocycles. The molecule has 1 aliphatic heterocycles. The summed E-state index contributed by atoms with van der Waals surface area (Å²) in [5, 5.41) is 3.58. The molecule has 2 unspecified atom stereocenters. The number of hydrogen-bond donors (Lipinski definition) is 1. The maximum atomic E-state index is 3.58. The Hall–Kier alpha value is -0.860. The first-order chi connectivity index (χ1) is 7.16. The average Bonchev–Trinajstić information content (AvgIpc) is 2.20. The first-order valence-corrected chi connectivity index (χ1v) is 5.67. The van der Waals surface area contributed by atoms with Gasteiger partial charge in [0.1, 0.15) is 0 Å². The second kappa shape index (κ2) is 4.33. The zero-order valence-corrected chi connectivity index (χ0v) is 9.83. The molecule has 2 rings (SSSR count). The standard InChI is InChI=1S/C13H20N2/c1-10-4-6-12(7-5-10)13-14-8-11(2)9-15(13)3/h4-7,11,13-14H,8-9H2,1-3H3. The molecule has 15 heavy (non-hydrogen) atoms. The first kappa shape index (κ1) is 10.7. The summed E-state index contributed by atoms with van der Waals surface area (Å²) in [7, 11) is 2.19. The number of nitrogens with zero attached hydrogens (tertiary/aromatic N) is 1. The van der Waals surface area contributed by atoms with Gasteiger partial charge < -0.3 is 0 Å². The second-order valence-corrected chi connectivity index (χ2v) is 4.77. The number of benzene rings is 1. The normalized spacial score (nSPS) is 27.9. The highest BCUT2D eigenvalue weighted by atomic mass is 15.3. The van der Waals surface area contributed by atoms with Crippen LogP contribution in [0.15, 0.2) is 24.3 Å². The van der Waals surface area contributed by atoms with Gasteiger partial charge in [0.05, 0.1) is 6.17 Å². The number of hydrogen-bond acceptors (Lipinski definition) is 2. The van der Waals surface area contributed by atoms with Gasteiger partial charge in [0.25, 0.3) is 0 Å². The van der Waals surface area contributed by atoms with Gasteiger partial charge in [0, 0.05) is 13.1 Å². The number of rotatable bonds is 1. The Morgan fingerprint density at radius 1 is 1.27 bits per heavy atom. The minimum Gasteiger partial charge on any atom is -0.298 e. The SMILES string of the molecule is Cc1ccc(C2NCC(C)CN2C)cc1. The molecule has 0 aliphatic carbocycles. The van der Waals surface area contributed by atoms with Crippen LogP contribution in [0.3, 0.4) is 0 Å². The third-order valence-corrected chi connectivity index (χ3v) is 3.09. The molecule has 0 aromatic heterocycles. The topological polar surface area (TPSA) is 15.3 Å². The molecule has 0 saturated carbocycles. The lowest BCUT2D eigenvalue weighted by atomic mass is 10.0. The molecule has 0 amide bonds. The molecule has 2 nitrogen and oxygen atoms in total. The molecule has 2 heteroatoms. The Morgan fingerprint density at radius 3 is 2.53 bits per heavy atom. The van der Waals surface area contributed by atoms with E-state index in [1.165, 1.54) is 17.7 Å². The van der Waals surface area contributed by atoms with Crippen LogP contribution in [0.25, 0.3) is 0 Å². The minimum atomic E-state index is 0.391. The smallest absolute Gasteiger partial charge is 0.0858 e. The van der Waals surface area contributed by atoms with E-state index < -0.39 is 0 Å². The van der Waals surface area contributed by atoms with Crippen molar-refractivity contribution in [2.24, 2.45) is 5.92 Å². The average molecular weight is 204 g/mol. The molecule has 1 aliphatic rings.